The fraction of sp³-hybridized carbons (Fsp3) is 0.312. The van der Waals surface area contributed by atoms with Gasteiger partial charge in [0.25, 0.3) is 5.91 Å². The van der Waals surface area contributed by atoms with Crippen molar-refractivity contribution in [2.45, 2.75) is 25.3 Å². The molecule has 5 heteroatoms. The lowest BCUT2D eigenvalue weighted by molar-refractivity contribution is 0.0936. The number of methoxy groups -OCH3 is 1. The first kappa shape index (κ1) is 13.9. The molecule has 0 fully saturated rings. The number of aryl methyl sites for hydroxylation is 1. The summed E-state index contributed by atoms with van der Waals surface area (Å²) in [4.78, 5) is 13.0. The molecule has 0 spiro atoms. The Morgan fingerprint density at radius 3 is 3.05 bits per heavy atom. The average Bonchev–Trinajstić information content (AvgIpc) is 2.96. The summed E-state index contributed by atoms with van der Waals surface area (Å²) >= 11 is 1.40. The van der Waals surface area contributed by atoms with Crippen molar-refractivity contribution >= 4 is 22.9 Å². The van der Waals surface area contributed by atoms with Crippen LogP contribution in [-0.2, 0) is 6.42 Å². The lowest BCUT2D eigenvalue weighted by Gasteiger charge is -2.26. The first-order valence-electron chi connectivity index (χ1n) is 6.99. The molecule has 1 unspecified atom stereocenters. The van der Waals surface area contributed by atoms with Crippen molar-refractivity contribution in [3.8, 4) is 5.75 Å². The lowest BCUT2D eigenvalue weighted by Crippen LogP contribution is -2.30. The van der Waals surface area contributed by atoms with E-state index in [1.165, 1.54) is 22.5 Å². The number of amides is 1. The molecule has 0 bridgehead atoms. The van der Waals surface area contributed by atoms with Crippen molar-refractivity contribution in [2.75, 3.05) is 12.8 Å². The summed E-state index contributed by atoms with van der Waals surface area (Å²) in [5.41, 5.74) is 9.05. The maximum absolute atomic E-state index is 12.3. The number of ether oxygens (including phenoxy) is 1. The Morgan fingerprint density at radius 2 is 2.29 bits per heavy atom. The second-order valence-corrected chi connectivity index (χ2v) is 6.14. The smallest absolute Gasteiger partial charge is 0.261 e. The third kappa shape index (κ3) is 2.88. The van der Waals surface area contributed by atoms with Gasteiger partial charge < -0.3 is 15.8 Å². The van der Waals surface area contributed by atoms with E-state index >= 15 is 0 Å². The highest BCUT2D eigenvalue weighted by Gasteiger charge is 2.23. The summed E-state index contributed by atoms with van der Waals surface area (Å²) in [6, 6.07) is 7.78. The van der Waals surface area contributed by atoms with E-state index in [1.807, 2.05) is 23.6 Å². The van der Waals surface area contributed by atoms with Gasteiger partial charge in [-0.15, -0.1) is 11.3 Å². The SMILES string of the molecule is COc1csc(C(=O)NC2CCCc3cc(N)ccc32)c1. The maximum atomic E-state index is 12.3. The largest absolute Gasteiger partial charge is 0.496 e. The van der Waals surface area contributed by atoms with Gasteiger partial charge in [0.1, 0.15) is 5.75 Å². The van der Waals surface area contributed by atoms with E-state index in [-0.39, 0.29) is 11.9 Å². The predicted octanol–water partition coefficient (Wildman–Crippen LogP) is 3.15. The van der Waals surface area contributed by atoms with Gasteiger partial charge in [0.2, 0.25) is 0 Å². The predicted molar refractivity (Wildman–Crippen MR) is 84.9 cm³/mol. The van der Waals surface area contributed by atoms with Crippen molar-refractivity contribution in [3.05, 3.63) is 45.6 Å². The number of carbonyl (C=O) groups is 1. The summed E-state index contributed by atoms with van der Waals surface area (Å²) in [5.74, 6) is 0.681. The summed E-state index contributed by atoms with van der Waals surface area (Å²) in [7, 11) is 1.60. The number of nitrogens with one attached hydrogen (secondary N) is 1. The second-order valence-electron chi connectivity index (χ2n) is 5.23. The highest BCUT2D eigenvalue weighted by molar-refractivity contribution is 7.12. The van der Waals surface area contributed by atoms with Crippen LogP contribution in [-0.4, -0.2) is 13.0 Å². The van der Waals surface area contributed by atoms with Gasteiger partial charge in [-0.3, -0.25) is 4.79 Å². The first-order chi connectivity index (χ1) is 10.2. The van der Waals surface area contributed by atoms with Crippen molar-refractivity contribution < 1.29 is 9.53 Å². The molecule has 0 aliphatic heterocycles. The summed E-state index contributed by atoms with van der Waals surface area (Å²) in [6.45, 7) is 0. The highest BCUT2D eigenvalue weighted by atomic mass is 32.1. The van der Waals surface area contributed by atoms with E-state index in [2.05, 4.69) is 5.32 Å². The number of rotatable bonds is 3. The molecule has 110 valence electrons. The molecule has 0 saturated heterocycles. The van der Waals surface area contributed by atoms with E-state index in [0.29, 0.717) is 4.88 Å². The van der Waals surface area contributed by atoms with Crippen molar-refractivity contribution in [2.24, 2.45) is 0 Å². The Labute approximate surface area is 127 Å². The minimum atomic E-state index is -0.0435. The summed E-state index contributed by atoms with van der Waals surface area (Å²) < 4.78 is 5.12. The number of benzene rings is 1. The zero-order chi connectivity index (χ0) is 14.8. The number of anilines is 1. The van der Waals surface area contributed by atoms with Crippen molar-refractivity contribution in [1.82, 2.24) is 5.32 Å². The normalized spacial score (nSPS) is 17.1. The number of hydrogen-bond acceptors (Lipinski definition) is 4. The van der Waals surface area contributed by atoms with Gasteiger partial charge in [-0.2, -0.15) is 0 Å². The molecular formula is C16H18N2O2S. The molecule has 0 radical (unpaired) electrons. The molecule has 1 amide bonds. The van der Waals surface area contributed by atoms with Crippen LogP contribution in [0.4, 0.5) is 5.69 Å². The van der Waals surface area contributed by atoms with E-state index in [9.17, 15) is 4.79 Å². The van der Waals surface area contributed by atoms with Gasteiger partial charge in [0.05, 0.1) is 18.0 Å². The molecule has 1 aliphatic carbocycles. The molecular weight excluding hydrogens is 284 g/mol. The third-order valence-corrected chi connectivity index (χ3v) is 4.73. The molecule has 21 heavy (non-hydrogen) atoms. The number of fused-ring (bicyclic) bond motifs is 1. The molecule has 0 saturated carbocycles. The molecule has 3 N–H and O–H groups in total. The number of nitrogens with two attached hydrogens (primary N) is 1. The van der Waals surface area contributed by atoms with Gasteiger partial charge in [-0.1, -0.05) is 6.07 Å². The fourth-order valence-electron chi connectivity index (χ4n) is 2.76. The molecule has 1 aromatic carbocycles. The van der Waals surface area contributed by atoms with Gasteiger partial charge in [-0.25, -0.2) is 0 Å². The number of hydrogen-bond donors (Lipinski definition) is 2. The van der Waals surface area contributed by atoms with Crippen LogP contribution in [0, 0.1) is 0 Å². The van der Waals surface area contributed by atoms with E-state index in [4.69, 9.17) is 10.5 Å². The van der Waals surface area contributed by atoms with Crippen LogP contribution in [0.15, 0.2) is 29.6 Å². The zero-order valence-electron chi connectivity index (χ0n) is 11.9. The standard InChI is InChI=1S/C16H18N2O2S/c1-20-12-8-15(21-9-12)16(19)18-14-4-2-3-10-7-11(17)5-6-13(10)14/h5-9,14H,2-4,17H2,1H3,(H,18,19). The zero-order valence-corrected chi connectivity index (χ0v) is 12.7. The van der Waals surface area contributed by atoms with Crippen LogP contribution in [0.25, 0.3) is 0 Å². The maximum Gasteiger partial charge on any atom is 0.261 e. The van der Waals surface area contributed by atoms with Crippen LogP contribution >= 0.6 is 11.3 Å². The van der Waals surface area contributed by atoms with E-state index in [0.717, 1.165) is 30.7 Å². The Bertz CT molecular complexity index is 666. The summed E-state index contributed by atoms with van der Waals surface area (Å²) in [6.07, 6.45) is 3.06. The number of carbonyl (C=O) groups excluding carboxylic acids is 1. The van der Waals surface area contributed by atoms with Crippen LogP contribution in [0.2, 0.25) is 0 Å². The average molecular weight is 302 g/mol. The van der Waals surface area contributed by atoms with Crippen molar-refractivity contribution in [3.63, 3.8) is 0 Å². The fourth-order valence-corrected chi connectivity index (χ4v) is 3.52. The Morgan fingerprint density at radius 1 is 1.43 bits per heavy atom. The molecule has 1 heterocycles. The summed E-state index contributed by atoms with van der Waals surface area (Å²) in [5, 5.41) is 4.96. The second kappa shape index (κ2) is 5.77. The molecule has 2 aromatic rings. The Hall–Kier alpha value is -2.01. The Kier molecular flexibility index (Phi) is 3.84. The number of thiophene rings is 1. The van der Waals surface area contributed by atoms with Gasteiger partial charge in [0.15, 0.2) is 0 Å². The quantitative estimate of drug-likeness (QED) is 0.856. The molecule has 1 atom stereocenters. The molecule has 1 aromatic heterocycles. The lowest BCUT2D eigenvalue weighted by atomic mass is 9.87. The van der Waals surface area contributed by atoms with E-state index in [1.54, 1.807) is 13.2 Å². The van der Waals surface area contributed by atoms with Crippen LogP contribution < -0.4 is 15.8 Å². The van der Waals surface area contributed by atoms with Crippen LogP contribution in [0.3, 0.4) is 0 Å². The van der Waals surface area contributed by atoms with Crippen molar-refractivity contribution in [1.29, 1.82) is 0 Å². The van der Waals surface area contributed by atoms with E-state index < -0.39 is 0 Å². The van der Waals surface area contributed by atoms with Crippen LogP contribution in [0.5, 0.6) is 5.75 Å². The minimum absolute atomic E-state index is 0.0435. The van der Waals surface area contributed by atoms with Crippen LogP contribution in [0.1, 0.15) is 39.7 Å². The third-order valence-electron chi connectivity index (χ3n) is 3.82. The first-order valence-corrected chi connectivity index (χ1v) is 7.87. The molecule has 1 aliphatic rings. The molecule has 4 nitrogen and oxygen atoms in total. The Balaban J connectivity index is 1.78. The van der Waals surface area contributed by atoms with Gasteiger partial charge in [0, 0.05) is 17.1 Å². The highest BCUT2D eigenvalue weighted by Crippen LogP contribution is 2.31. The molecule has 3 rings (SSSR count). The number of nitrogen functional groups attached to an aromatic ring is 1. The monoisotopic (exact) mass is 302 g/mol. The van der Waals surface area contributed by atoms with Gasteiger partial charge >= 0.3 is 0 Å². The minimum Gasteiger partial charge on any atom is -0.496 e. The topological polar surface area (TPSA) is 64.3 Å². The van der Waals surface area contributed by atoms with Gasteiger partial charge in [-0.05, 0) is 42.5 Å².